The number of para-hydroxylation sites is 1. The Hall–Kier alpha value is -1.39. The van der Waals surface area contributed by atoms with Gasteiger partial charge in [0.2, 0.25) is 0 Å². The maximum absolute atomic E-state index is 5.63. The fourth-order valence-corrected chi connectivity index (χ4v) is 2.08. The molecule has 0 aliphatic rings. The first kappa shape index (κ1) is 18.7. The SMILES string of the molecule is CCCCCCC#C[C-](OCC)n1nnc2ccccc21.[Li+]. The van der Waals surface area contributed by atoms with Gasteiger partial charge < -0.3 is 4.74 Å². The van der Waals surface area contributed by atoms with E-state index < -0.39 is 0 Å². The van der Waals surface area contributed by atoms with Crippen molar-refractivity contribution >= 4 is 11.0 Å². The fourth-order valence-electron chi connectivity index (χ4n) is 2.08. The van der Waals surface area contributed by atoms with E-state index in [4.69, 9.17) is 4.74 Å². The van der Waals surface area contributed by atoms with Gasteiger partial charge in [-0.3, -0.25) is 4.68 Å². The second kappa shape index (κ2) is 10.4. The molecule has 0 unspecified atom stereocenters. The summed E-state index contributed by atoms with van der Waals surface area (Å²) in [6, 6.07) is 7.81. The van der Waals surface area contributed by atoms with Crippen LogP contribution in [0.1, 0.15) is 46.0 Å². The predicted octanol–water partition coefficient (Wildman–Crippen LogP) is 0.783. The summed E-state index contributed by atoms with van der Waals surface area (Å²) in [6.07, 6.45) is 6.34. The van der Waals surface area contributed by atoms with Gasteiger partial charge in [0.1, 0.15) is 6.23 Å². The van der Waals surface area contributed by atoms with Crippen molar-refractivity contribution in [1.82, 2.24) is 15.0 Å². The van der Waals surface area contributed by atoms with Gasteiger partial charge in [-0.15, -0.1) is 5.10 Å². The molecule has 0 bridgehead atoms. The van der Waals surface area contributed by atoms with Gasteiger partial charge in [0.05, 0.1) is 5.52 Å². The van der Waals surface area contributed by atoms with E-state index in [2.05, 4.69) is 29.1 Å². The van der Waals surface area contributed by atoms with Crippen LogP contribution in [0, 0.1) is 18.1 Å². The Balaban J connectivity index is 0.00000242. The van der Waals surface area contributed by atoms with E-state index in [0.29, 0.717) is 12.8 Å². The van der Waals surface area contributed by atoms with Crippen LogP contribution >= 0.6 is 0 Å². The molecule has 0 N–H and O–H groups in total. The van der Waals surface area contributed by atoms with Crippen molar-refractivity contribution in [2.24, 2.45) is 0 Å². The zero-order chi connectivity index (χ0) is 14.9. The molecule has 2 rings (SSSR count). The molecular formula is C17H22LiN3O. The van der Waals surface area contributed by atoms with Crippen LogP contribution in [-0.4, -0.2) is 21.6 Å². The average Bonchev–Trinajstić information content (AvgIpc) is 2.93. The summed E-state index contributed by atoms with van der Waals surface area (Å²) in [5.41, 5.74) is 1.76. The first-order valence-electron chi connectivity index (χ1n) is 7.66. The molecule has 1 aromatic carbocycles. The predicted molar refractivity (Wildman–Crippen MR) is 84.3 cm³/mol. The number of fused-ring (bicyclic) bond motifs is 1. The number of rotatable bonds is 7. The molecule has 0 saturated carbocycles. The monoisotopic (exact) mass is 291 g/mol. The van der Waals surface area contributed by atoms with Crippen LogP contribution in [0.25, 0.3) is 11.0 Å². The minimum Gasteiger partial charge on any atom is -0.383 e. The Kier molecular flexibility index (Phi) is 8.78. The third-order valence-corrected chi connectivity index (χ3v) is 3.18. The van der Waals surface area contributed by atoms with Crippen LogP contribution in [0.5, 0.6) is 0 Å². The fraction of sp³-hybridized carbons (Fsp3) is 0.471. The number of unbranched alkanes of at least 4 members (excludes halogenated alkanes) is 4. The summed E-state index contributed by atoms with van der Waals surface area (Å²) in [6.45, 7) is 4.72. The Morgan fingerprint density at radius 3 is 2.77 bits per heavy atom. The topological polar surface area (TPSA) is 39.9 Å². The smallest absolute Gasteiger partial charge is 0.383 e. The summed E-state index contributed by atoms with van der Waals surface area (Å²) in [5.74, 6) is 6.28. The molecule has 2 aromatic rings. The summed E-state index contributed by atoms with van der Waals surface area (Å²) in [4.78, 5) is 0. The average molecular weight is 291 g/mol. The van der Waals surface area contributed by atoms with E-state index in [9.17, 15) is 0 Å². The van der Waals surface area contributed by atoms with Crippen LogP contribution in [-0.2, 0) is 4.74 Å². The number of nitrogens with zero attached hydrogens (tertiary/aromatic N) is 3. The molecule has 1 aromatic heterocycles. The van der Waals surface area contributed by atoms with Crippen molar-refractivity contribution in [2.45, 2.75) is 46.0 Å². The number of ether oxygens (including phenoxy) is 1. The van der Waals surface area contributed by atoms with Gasteiger partial charge in [-0.1, -0.05) is 56.0 Å². The molecule has 1 heterocycles. The molecule has 22 heavy (non-hydrogen) atoms. The number of hydrogen-bond acceptors (Lipinski definition) is 3. The second-order valence-electron chi connectivity index (χ2n) is 4.84. The minimum atomic E-state index is 0. The first-order valence-corrected chi connectivity index (χ1v) is 7.66. The molecule has 0 amide bonds. The molecule has 5 heteroatoms. The molecule has 0 saturated heterocycles. The van der Waals surface area contributed by atoms with Gasteiger partial charge in [0, 0.05) is 6.61 Å². The molecule has 0 atom stereocenters. The molecule has 0 aliphatic carbocycles. The standard InChI is InChI=1S/C17H22N3O.Li/c1-3-5-6-7-8-9-14-17(21-4-2)20-16-13-11-10-12-15(16)18-19-20;/h10-13H,3-8H2,1-2H3;/q-1;+1. The number of aromatic nitrogens is 3. The molecule has 4 nitrogen and oxygen atoms in total. The maximum atomic E-state index is 5.63. The largest absolute Gasteiger partial charge is 1.00 e. The second-order valence-corrected chi connectivity index (χ2v) is 4.84. The maximum Gasteiger partial charge on any atom is 1.00 e. The van der Waals surface area contributed by atoms with Gasteiger partial charge in [-0.2, -0.15) is 5.92 Å². The summed E-state index contributed by atoms with van der Waals surface area (Å²) in [7, 11) is 0. The summed E-state index contributed by atoms with van der Waals surface area (Å²) in [5, 5.41) is 8.28. The normalized spacial score (nSPS) is 9.91. The van der Waals surface area contributed by atoms with Gasteiger partial charge in [0.25, 0.3) is 0 Å². The molecule has 0 fully saturated rings. The Morgan fingerprint density at radius 2 is 2.00 bits per heavy atom. The van der Waals surface area contributed by atoms with E-state index in [-0.39, 0.29) is 18.9 Å². The summed E-state index contributed by atoms with van der Waals surface area (Å²) >= 11 is 0. The molecule has 0 spiro atoms. The van der Waals surface area contributed by atoms with Crippen LogP contribution in [0.2, 0.25) is 0 Å². The van der Waals surface area contributed by atoms with Crippen LogP contribution < -0.4 is 18.9 Å². The Bertz CT molecular complexity index is 615. The number of benzene rings is 1. The zero-order valence-corrected chi connectivity index (χ0v) is 13.8. The third-order valence-electron chi connectivity index (χ3n) is 3.18. The van der Waals surface area contributed by atoms with Gasteiger partial charge in [0.15, 0.2) is 0 Å². The van der Waals surface area contributed by atoms with E-state index in [1.54, 1.807) is 4.68 Å². The van der Waals surface area contributed by atoms with Crippen molar-refractivity contribution < 1.29 is 23.6 Å². The van der Waals surface area contributed by atoms with Crippen LogP contribution in [0.15, 0.2) is 24.3 Å². The van der Waals surface area contributed by atoms with Crippen molar-refractivity contribution in [3.05, 3.63) is 30.5 Å². The molecular weight excluding hydrogens is 269 g/mol. The zero-order valence-electron chi connectivity index (χ0n) is 13.8. The van der Waals surface area contributed by atoms with Gasteiger partial charge in [-0.05, 0) is 24.9 Å². The third kappa shape index (κ3) is 5.11. The Labute approximate surface area is 144 Å². The quantitative estimate of drug-likeness (QED) is 0.328. The van der Waals surface area contributed by atoms with Crippen molar-refractivity contribution in [3.63, 3.8) is 0 Å². The minimum absolute atomic E-state index is 0. The van der Waals surface area contributed by atoms with E-state index in [0.717, 1.165) is 23.9 Å². The van der Waals surface area contributed by atoms with Crippen LogP contribution in [0.3, 0.4) is 0 Å². The van der Waals surface area contributed by atoms with Crippen molar-refractivity contribution in [1.29, 1.82) is 0 Å². The molecule has 0 radical (unpaired) electrons. The van der Waals surface area contributed by atoms with Crippen molar-refractivity contribution in [2.75, 3.05) is 6.61 Å². The van der Waals surface area contributed by atoms with E-state index >= 15 is 0 Å². The number of hydrogen-bond donors (Lipinski definition) is 0. The van der Waals surface area contributed by atoms with Crippen LogP contribution in [0.4, 0.5) is 0 Å². The van der Waals surface area contributed by atoms with Gasteiger partial charge >= 0.3 is 18.9 Å². The van der Waals surface area contributed by atoms with Gasteiger partial charge in [-0.25, -0.2) is 5.92 Å². The first-order chi connectivity index (χ1) is 10.4. The summed E-state index contributed by atoms with van der Waals surface area (Å²) < 4.78 is 7.30. The van der Waals surface area contributed by atoms with Crippen molar-refractivity contribution in [3.8, 4) is 11.8 Å². The Morgan fingerprint density at radius 1 is 1.18 bits per heavy atom. The molecule has 0 aliphatic heterocycles. The van der Waals surface area contributed by atoms with E-state index in [1.165, 1.54) is 19.3 Å². The van der Waals surface area contributed by atoms with E-state index in [1.807, 2.05) is 31.2 Å². The molecule has 112 valence electrons.